The van der Waals surface area contributed by atoms with Crippen LogP contribution >= 0.6 is 0 Å². The number of rotatable bonds is 3. The van der Waals surface area contributed by atoms with Gasteiger partial charge in [-0.25, -0.2) is 13.8 Å². The van der Waals surface area contributed by atoms with Gasteiger partial charge in [-0.15, -0.1) is 0 Å². The van der Waals surface area contributed by atoms with E-state index < -0.39 is 11.6 Å². The van der Waals surface area contributed by atoms with Crippen LogP contribution in [-0.2, 0) is 6.42 Å². The SMILES string of the molecule is Fc1ccc(-c2cnc3cnc(CC4CCNCC4)cn23)c(F)c1. The number of fused-ring (bicyclic) bond motifs is 1. The van der Waals surface area contributed by atoms with Crippen molar-refractivity contribution in [1.29, 1.82) is 0 Å². The lowest BCUT2D eigenvalue weighted by molar-refractivity contribution is 0.370. The standard InChI is InChI=1S/C18H18F2N4/c19-13-1-2-15(16(20)8-13)17-9-23-18-10-22-14(11-24(17)18)7-12-3-5-21-6-4-12/h1-2,8-12,21H,3-7H2. The molecule has 1 aliphatic heterocycles. The van der Waals surface area contributed by atoms with Gasteiger partial charge in [-0.2, -0.15) is 0 Å². The average Bonchev–Trinajstić information content (AvgIpc) is 2.99. The lowest BCUT2D eigenvalue weighted by atomic mass is 9.93. The zero-order valence-electron chi connectivity index (χ0n) is 13.2. The van der Waals surface area contributed by atoms with Crippen LogP contribution in [0.1, 0.15) is 18.5 Å². The number of benzene rings is 1. The van der Waals surface area contributed by atoms with Crippen LogP contribution in [0.5, 0.6) is 0 Å². The summed E-state index contributed by atoms with van der Waals surface area (Å²) in [5, 5.41) is 3.36. The van der Waals surface area contributed by atoms with Crippen LogP contribution in [0.4, 0.5) is 8.78 Å². The molecule has 3 aromatic rings. The Hall–Kier alpha value is -2.34. The summed E-state index contributed by atoms with van der Waals surface area (Å²) in [5.74, 6) is -0.558. The summed E-state index contributed by atoms with van der Waals surface area (Å²) in [4.78, 5) is 8.76. The number of nitrogens with zero attached hydrogens (tertiary/aromatic N) is 3. The normalized spacial score (nSPS) is 15.9. The van der Waals surface area contributed by atoms with Crippen molar-refractivity contribution >= 4 is 5.65 Å². The van der Waals surface area contributed by atoms with Crippen LogP contribution in [0.15, 0.2) is 36.8 Å². The zero-order chi connectivity index (χ0) is 16.5. The Morgan fingerprint density at radius 1 is 1.12 bits per heavy atom. The van der Waals surface area contributed by atoms with E-state index in [-0.39, 0.29) is 0 Å². The first-order valence-electron chi connectivity index (χ1n) is 8.19. The molecule has 0 amide bonds. The van der Waals surface area contributed by atoms with E-state index in [2.05, 4.69) is 15.3 Å². The summed E-state index contributed by atoms with van der Waals surface area (Å²) in [6.45, 7) is 2.09. The molecule has 1 fully saturated rings. The molecule has 0 unspecified atom stereocenters. The van der Waals surface area contributed by atoms with Gasteiger partial charge in [0.1, 0.15) is 11.6 Å². The molecule has 124 valence electrons. The molecule has 3 heterocycles. The predicted molar refractivity (Wildman–Crippen MR) is 87.6 cm³/mol. The largest absolute Gasteiger partial charge is 0.317 e. The smallest absolute Gasteiger partial charge is 0.155 e. The van der Waals surface area contributed by atoms with Gasteiger partial charge in [0.15, 0.2) is 5.65 Å². The molecule has 0 bridgehead atoms. The molecule has 1 aliphatic rings. The van der Waals surface area contributed by atoms with Crippen LogP contribution in [0.25, 0.3) is 16.9 Å². The average molecular weight is 328 g/mol. The second-order valence-electron chi connectivity index (χ2n) is 6.27. The monoisotopic (exact) mass is 328 g/mol. The van der Waals surface area contributed by atoms with Crippen LogP contribution < -0.4 is 5.32 Å². The van der Waals surface area contributed by atoms with E-state index in [1.54, 1.807) is 12.4 Å². The maximum atomic E-state index is 14.1. The second-order valence-corrected chi connectivity index (χ2v) is 6.27. The number of nitrogens with one attached hydrogen (secondary N) is 1. The van der Waals surface area contributed by atoms with Crippen molar-refractivity contribution in [1.82, 2.24) is 19.7 Å². The Kier molecular flexibility index (Phi) is 3.98. The first-order chi connectivity index (χ1) is 11.7. The Balaban J connectivity index is 1.70. The molecular weight excluding hydrogens is 310 g/mol. The molecule has 0 saturated carbocycles. The lowest BCUT2D eigenvalue weighted by Gasteiger charge is -2.22. The molecule has 1 aromatic carbocycles. The highest BCUT2D eigenvalue weighted by Crippen LogP contribution is 2.25. The molecule has 1 N–H and O–H groups in total. The number of piperidine rings is 1. The minimum atomic E-state index is -0.589. The Bertz CT molecular complexity index is 869. The molecule has 0 aliphatic carbocycles. The molecule has 4 rings (SSSR count). The van der Waals surface area contributed by atoms with Crippen LogP contribution in [0, 0.1) is 17.6 Å². The molecule has 24 heavy (non-hydrogen) atoms. The number of imidazole rings is 1. The van der Waals surface area contributed by atoms with E-state index in [4.69, 9.17) is 0 Å². The maximum Gasteiger partial charge on any atom is 0.155 e. The van der Waals surface area contributed by atoms with Crippen LogP contribution in [-0.4, -0.2) is 27.5 Å². The van der Waals surface area contributed by atoms with E-state index >= 15 is 0 Å². The zero-order valence-corrected chi connectivity index (χ0v) is 13.2. The van der Waals surface area contributed by atoms with E-state index in [0.717, 1.165) is 44.1 Å². The molecule has 2 aromatic heterocycles. The van der Waals surface area contributed by atoms with E-state index in [1.165, 1.54) is 12.1 Å². The molecule has 0 spiro atoms. The van der Waals surface area contributed by atoms with Gasteiger partial charge in [0.2, 0.25) is 0 Å². The topological polar surface area (TPSA) is 42.2 Å². The van der Waals surface area contributed by atoms with Crippen molar-refractivity contribution in [2.75, 3.05) is 13.1 Å². The second kappa shape index (κ2) is 6.28. The van der Waals surface area contributed by atoms with Gasteiger partial charge in [0, 0.05) is 17.8 Å². The predicted octanol–water partition coefficient (Wildman–Crippen LogP) is 3.22. The Morgan fingerprint density at radius 2 is 1.96 bits per heavy atom. The molecule has 0 atom stereocenters. The van der Waals surface area contributed by atoms with Gasteiger partial charge in [0.25, 0.3) is 0 Å². The van der Waals surface area contributed by atoms with Gasteiger partial charge in [-0.3, -0.25) is 9.38 Å². The molecule has 0 radical (unpaired) electrons. The van der Waals surface area contributed by atoms with Gasteiger partial charge < -0.3 is 5.32 Å². The Labute approximate surface area is 138 Å². The number of hydrogen-bond acceptors (Lipinski definition) is 3. The van der Waals surface area contributed by atoms with Gasteiger partial charge in [-0.1, -0.05) is 0 Å². The summed E-state index contributed by atoms with van der Waals surface area (Å²) in [5.41, 5.74) is 2.57. The fraction of sp³-hybridized carbons (Fsp3) is 0.333. The molecule has 6 heteroatoms. The Morgan fingerprint density at radius 3 is 2.75 bits per heavy atom. The van der Waals surface area contributed by atoms with Crippen molar-refractivity contribution in [2.45, 2.75) is 19.3 Å². The fourth-order valence-corrected chi connectivity index (χ4v) is 3.31. The van der Waals surface area contributed by atoms with Gasteiger partial charge >= 0.3 is 0 Å². The summed E-state index contributed by atoms with van der Waals surface area (Å²) >= 11 is 0. The number of aromatic nitrogens is 3. The first kappa shape index (κ1) is 15.2. The van der Waals surface area contributed by atoms with E-state index in [9.17, 15) is 8.78 Å². The summed E-state index contributed by atoms with van der Waals surface area (Å²) in [6, 6.07) is 3.60. The highest BCUT2D eigenvalue weighted by atomic mass is 19.1. The highest BCUT2D eigenvalue weighted by Gasteiger charge is 2.16. The third-order valence-electron chi connectivity index (χ3n) is 4.61. The number of hydrogen-bond donors (Lipinski definition) is 1. The van der Waals surface area contributed by atoms with Gasteiger partial charge in [-0.05, 0) is 50.4 Å². The van der Waals surface area contributed by atoms with Crippen molar-refractivity contribution in [3.63, 3.8) is 0 Å². The minimum absolute atomic E-state index is 0.336. The molecule has 1 saturated heterocycles. The lowest BCUT2D eigenvalue weighted by Crippen LogP contribution is -2.28. The summed E-state index contributed by atoms with van der Waals surface area (Å²) in [6.07, 6.45) is 8.42. The van der Waals surface area contributed by atoms with Crippen LogP contribution in [0.2, 0.25) is 0 Å². The molecular formula is C18H18F2N4. The third kappa shape index (κ3) is 2.89. The summed E-state index contributed by atoms with van der Waals surface area (Å²) in [7, 11) is 0. The molecule has 4 nitrogen and oxygen atoms in total. The van der Waals surface area contributed by atoms with Crippen LogP contribution in [0.3, 0.4) is 0 Å². The highest BCUT2D eigenvalue weighted by molar-refractivity contribution is 5.64. The van der Waals surface area contributed by atoms with E-state index in [1.807, 2.05) is 10.6 Å². The third-order valence-corrected chi connectivity index (χ3v) is 4.61. The van der Waals surface area contributed by atoms with Crippen molar-refractivity contribution in [3.05, 3.63) is 54.1 Å². The maximum absolute atomic E-state index is 14.1. The fourth-order valence-electron chi connectivity index (χ4n) is 3.31. The van der Waals surface area contributed by atoms with Crippen molar-refractivity contribution in [2.24, 2.45) is 5.92 Å². The van der Waals surface area contributed by atoms with Gasteiger partial charge in [0.05, 0.1) is 23.8 Å². The number of halogens is 2. The van der Waals surface area contributed by atoms with Crippen molar-refractivity contribution < 1.29 is 8.78 Å². The first-order valence-corrected chi connectivity index (χ1v) is 8.19. The minimum Gasteiger partial charge on any atom is -0.317 e. The van der Waals surface area contributed by atoms with E-state index in [0.29, 0.717) is 22.8 Å². The summed E-state index contributed by atoms with van der Waals surface area (Å²) < 4.78 is 29.1. The van der Waals surface area contributed by atoms with Crippen molar-refractivity contribution in [3.8, 4) is 11.3 Å². The quantitative estimate of drug-likeness (QED) is 0.803.